The average Bonchev–Trinajstić information content (AvgIpc) is 2.90. The fraction of sp³-hybridized carbons (Fsp3) is 0.450. The van der Waals surface area contributed by atoms with E-state index in [0.717, 1.165) is 12.8 Å². The highest BCUT2D eigenvalue weighted by Gasteiger charge is 2.33. The lowest BCUT2D eigenvalue weighted by Crippen LogP contribution is -2.32. The largest absolute Gasteiger partial charge is 0.363 e. The van der Waals surface area contributed by atoms with E-state index in [1.54, 1.807) is 12.1 Å². The Labute approximate surface area is 147 Å². The maximum atomic E-state index is 12.1. The number of carbonyl (C=O) groups is 3. The number of imide groups is 1. The summed E-state index contributed by atoms with van der Waals surface area (Å²) in [5.74, 6) is -1.07. The predicted octanol–water partition coefficient (Wildman–Crippen LogP) is 3.59. The van der Waals surface area contributed by atoms with E-state index in [1.165, 1.54) is 31.2 Å². The van der Waals surface area contributed by atoms with Gasteiger partial charge in [0.25, 0.3) is 11.8 Å². The second-order valence-electron chi connectivity index (χ2n) is 6.69. The molecular weight excluding hydrogens is 318 g/mol. The van der Waals surface area contributed by atoms with Crippen molar-refractivity contribution >= 4 is 17.8 Å². The summed E-state index contributed by atoms with van der Waals surface area (Å²) in [4.78, 5) is 40.0. The minimum Gasteiger partial charge on any atom is -0.325 e. The number of carbonyl (C=O) groups excluding carboxylic acids is 3. The van der Waals surface area contributed by atoms with Gasteiger partial charge >= 0.3 is 5.97 Å². The molecule has 1 fully saturated rings. The molecule has 0 N–H and O–H groups in total. The number of allylic oxidation sites excluding steroid dienone is 2. The minimum absolute atomic E-state index is 0.0972. The van der Waals surface area contributed by atoms with Crippen LogP contribution in [0.2, 0.25) is 0 Å². The topological polar surface area (TPSA) is 63.7 Å². The Morgan fingerprint density at radius 3 is 2.48 bits per heavy atom. The Hall–Kier alpha value is -2.43. The van der Waals surface area contributed by atoms with Crippen LogP contribution in [0.25, 0.3) is 0 Å². The van der Waals surface area contributed by atoms with Crippen LogP contribution in [-0.2, 0) is 20.8 Å². The van der Waals surface area contributed by atoms with Crippen molar-refractivity contribution < 1.29 is 19.2 Å². The first kappa shape index (κ1) is 17.4. The van der Waals surface area contributed by atoms with Gasteiger partial charge in [-0.2, -0.15) is 0 Å². The third-order valence-corrected chi connectivity index (χ3v) is 4.72. The van der Waals surface area contributed by atoms with Gasteiger partial charge in [0.05, 0.1) is 5.56 Å². The summed E-state index contributed by atoms with van der Waals surface area (Å²) < 4.78 is 0. The van der Waals surface area contributed by atoms with Crippen LogP contribution >= 0.6 is 0 Å². The van der Waals surface area contributed by atoms with Gasteiger partial charge in [-0.25, -0.2) is 4.79 Å². The number of rotatable bonds is 4. The van der Waals surface area contributed by atoms with E-state index in [9.17, 15) is 14.4 Å². The predicted molar refractivity (Wildman–Crippen MR) is 92.4 cm³/mol. The molecule has 132 valence electrons. The number of hydroxylamine groups is 2. The zero-order valence-electron chi connectivity index (χ0n) is 14.3. The van der Waals surface area contributed by atoms with E-state index in [4.69, 9.17) is 4.84 Å². The van der Waals surface area contributed by atoms with Crippen molar-refractivity contribution in [1.82, 2.24) is 5.06 Å². The fourth-order valence-electron chi connectivity index (χ4n) is 3.27. The lowest BCUT2D eigenvalue weighted by Gasteiger charge is -2.15. The first-order valence-electron chi connectivity index (χ1n) is 8.97. The molecule has 0 bridgehead atoms. The van der Waals surface area contributed by atoms with Crippen molar-refractivity contribution in [3.63, 3.8) is 0 Å². The Morgan fingerprint density at radius 1 is 1.04 bits per heavy atom. The van der Waals surface area contributed by atoms with Crippen LogP contribution in [0.5, 0.6) is 0 Å². The summed E-state index contributed by atoms with van der Waals surface area (Å²) in [6.45, 7) is 0. The van der Waals surface area contributed by atoms with Gasteiger partial charge in [0.1, 0.15) is 0 Å². The molecule has 1 heterocycles. The summed E-state index contributed by atoms with van der Waals surface area (Å²) in [5, 5.41) is 0.579. The molecule has 1 atom stereocenters. The Morgan fingerprint density at radius 2 is 1.76 bits per heavy atom. The summed E-state index contributed by atoms with van der Waals surface area (Å²) in [6.07, 6.45) is 11.9. The van der Waals surface area contributed by atoms with Crippen LogP contribution < -0.4 is 0 Å². The van der Waals surface area contributed by atoms with Gasteiger partial charge in [-0.1, -0.05) is 37.1 Å². The standard InChI is InChI=1S/C20H23NO4/c22-18-12-13-19(23)21(18)25-20(24)17-10-8-16(9-11-17)14-15-6-4-2-1-3-5-7-15/h4,6,8-11,15H,1-3,5,7,12-14H2/b6-4-. The lowest BCUT2D eigenvalue weighted by molar-refractivity contribution is -0.172. The highest BCUT2D eigenvalue weighted by molar-refractivity contribution is 6.02. The summed E-state index contributed by atoms with van der Waals surface area (Å²) in [7, 11) is 0. The number of hydrogen-bond donors (Lipinski definition) is 0. The molecule has 1 aliphatic heterocycles. The molecule has 2 amide bonds. The zero-order valence-corrected chi connectivity index (χ0v) is 14.3. The van der Waals surface area contributed by atoms with Crippen LogP contribution in [-0.4, -0.2) is 22.8 Å². The second kappa shape index (κ2) is 8.10. The highest BCUT2D eigenvalue weighted by Crippen LogP contribution is 2.21. The van der Waals surface area contributed by atoms with Crippen LogP contribution in [0.4, 0.5) is 0 Å². The molecule has 25 heavy (non-hydrogen) atoms. The first-order chi connectivity index (χ1) is 12.1. The molecule has 2 aliphatic rings. The molecule has 0 spiro atoms. The molecule has 0 radical (unpaired) electrons. The van der Waals surface area contributed by atoms with Crippen molar-refractivity contribution in [2.75, 3.05) is 0 Å². The van der Waals surface area contributed by atoms with Gasteiger partial charge in [-0.3, -0.25) is 9.59 Å². The zero-order chi connectivity index (χ0) is 17.6. The molecule has 1 unspecified atom stereocenters. The van der Waals surface area contributed by atoms with E-state index in [2.05, 4.69) is 12.2 Å². The van der Waals surface area contributed by atoms with E-state index in [-0.39, 0.29) is 12.8 Å². The SMILES string of the molecule is O=C(ON1C(=O)CCC1=O)c1ccc(CC2/C=C\CCCCC2)cc1. The van der Waals surface area contributed by atoms with Crippen molar-refractivity contribution in [2.24, 2.45) is 5.92 Å². The highest BCUT2D eigenvalue weighted by atomic mass is 16.7. The smallest absolute Gasteiger partial charge is 0.325 e. The molecule has 1 saturated heterocycles. The first-order valence-corrected chi connectivity index (χ1v) is 8.97. The summed E-state index contributed by atoms with van der Waals surface area (Å²) in [6, 6.07) is 7.21. The monoisotopic (exact) mass is 341 g/mol. The van der Waals surface area contributed by atoms with Crippen LogP contribution in [0.15, 0.2) is 36.4 Å². The molecule has 1 aromatic rings. The van der Waals surface area contributed by atoms with Crippen molar-refractivity contribution in [3.8, 4) is 0 Å². The number of amides is 2. The maximum Gasteiger partial charge on any atom is 0.363 e. The van der Waals surface area contributed by atoms with E-state index in [0.29, 0.717) is 16.5 Å². The normalized spacial score (nSPS) is 22.4. The van der Waals surface area contributed by atoms with Crippen LogP contribution in [0.3, 0.4) is 0 Å². The Bertz CT molecular complexity index is 661. The average molecular weight is 341 g/mol. The molecule has 3 rings (SSSR count). The van der Waals surface area contributed by atoms with E-state index >= 15 is 0 Å². The van der Waals surface area contributed by atoms with Crippen LogP contribution in [0.1, 0.15) is 60.9 Å². The molecular formula is C20H23NO4. The van der Waals surface area contributed by atoms with E-state index < -0.39 is 17.8 Å². The van der Waals surface area contributed by atoms with E-state index in [1.807, 2.05) is 12.1 Å². The van der Waals surface area contributed by atoms with Gasteiger partial charge in [-0.05, 0) is 49.3 Å². The molecule has 5 heteroatoms. The maximum absolute atomic E-state index is 12.1. The van der Waals surface area contributed by atoms with Crippen molar-refractivity contribution in [2.45, 2.75) is 51.4 Å². The molecule has 5 nitrogen and oxygen atoms in total. The lowest BCUT2D eigenvalue weighted by atomic mass is 9.91. The van der Waals surface area contributed by atoms with Crippen LogP contribution in [0, 0.1) is 5.92 Å². The van der Waals surface area contributed by atoms with Gasteiger partial charge in [0, 0.05) is 12.8 Å². The van der Waals surface area contributed by atoms with Crippen molar-refractivity contribution in [3.05, 3.63) is 47.5 Å². The molecule has 1 aromatic carbocycles. The van der Waals surface area contributed by atoms with Gasteiger partial charge in [0.15, 0.2) is 0 Å². The van der Waals surface area contributed by atoms with Crippen molar-refractivity contribution in [1.29, 1.82) is 0 Å². The number of hydrogen-bond acceptors (Lipinski definition) is 4. The quantitative estimate of drug-likeness (QED) is 0.620. The Balaban J connectivity index is 1.59. The third kappa shape index (κ3) is 4.56. The third-order valence-electron chi connectivity index (χ3n) is 4.72. The number of benzene rings is 1. The summed E-state index contributed by atoms with van der Waals surface area (Å²) in [5.41, 5.74) is 1.50. The van der Waals surface area contributed by atoms with Gasteiger partial charge < -0.3 is 4.84 Å². The second-order valence-corrected chi connectivity index (χ2v) is 6.69. The number of nitrogens with zero attached hydrogens (tertiary/aromatic N) is 1. The molecule has 1 aliphatic carbocycles. The van der Waals surface area contributed by atoms with Gasteiger partial charge in [-0.15, -0.1) is 5.06 Å². The molecule has 0 aromatic heterocycles. The molecule has 0 saturated carbocycles. The summed E-state index contributed by atoms with van der Waals surface area (Å²) >= 11 is 0. The minimum atomic E-state index is -0.680. The Kier molecular flexibility index (Phi) is 5.64. The van der Waals surface area contributed by atoms with Gasteiger partial charge in [0.2, 0.25) is 0 Å². The fourth-order valence-corrected chi connectivity index (χ4v) is 3.27.